The van der Waals surface area contributed by atoms with Gasteiger partial charge in [-0.2, -0.15) is 0 Å². The van der Waals surface area contributed by atoms with E-state index >= 15 is 0 Å². The molecule has 0 aliphatic carbocycles. The summed E-state index contributed by atoms with van der Waals surface area (Å²) in [5, 5.41) is 0. The summed E-state index contributed by atoms with van der Waals surface area (Å²) in [6, 6.07) is 6.45. The quantitative estimate of drug-likeness (QED) is 0.752. The van der Waals surface area contributed by atoms with Crippen LogP contribution in [0, 0.1) is 0 Å². The monoisotopic (exact) mass is 246 g/mol. The van der Waals surface area contributed by atoms with Crippen LogP contribution in [0.25, 0.3) is 6.08 Å². The molecule has 0 radical (unpaired) electrons. The molecule has 0 aliphatic heterocycles. The summed E-state index contributed by atoms with van der Waals surface area (Å²) in [5.41, 5.74) is 0.898. The van der Waals surface area contributed by atoms with E-state index in [2.05, 4.69) is 21.4 Å². The number of benzene rings is 1. The van der Waals surface area contributed by atoms with Gasteiger partial charge in [0.15, 0.2) is 0 Å². The van der Waals surface area contributed by atoms with Crippen molar-refractivity contribution in [2.24, 2.45) is 0 Å². The summed E-state index contributed by atoms with van der Waals surface area (Å²) >= 11 is 2.58. The molecule has 0 fully saturated rings. The molecule has 0 saturated carbocycles. The Hall–Kier alpha value is -0.610. The van der Waals surface area contributed by atoms with Gasteiger partial charge in [-0.05, 0) is 17.7 Å². The molecular weight excluding hydrogens is 240 g/mol. The Bertz CT molecular complexity index is 378. The van der Waals surface area contributed by atoms with Gasteiger partial charge in [0, 0.05) is 0 Å². The third-order valence-electron chi connectivity index (χ3n) is 1.40. The van der Waals surface area contributed by atoms with Crippen molar-refractivity contribution in [1.82, 2.24) is 0 Å². The maximum Gasteiger partial charge on any atom is 0.237 e. The lowest BCUT2D eigenvalue weighted by molar-refractivity contribution is 0.611. The first-order chi connectivity index (χ1) is 5.54. The van der Waals surface area contributed by atoms with Gasteiger partial charge in [-0.25, -0.2) is 8.42 Å². The summed E-state index contributed by atoms with van der Waals surface area (Å²) in [6.45, 7) is 3.56. The van der Waals surface area contributed by atoms with Crippen LogP contribution in [0.3, 0.4) is 0 Å². The molecular formula is C8H7BrO2S. The van der Waals surface area contributed by atoms with Crippen LogP contribution in [-0.4, -0.2) is 8.42 Å². The van der Waals surface area contributed by atoms with Crippen LogP contribution in [0.5, 0.6) is 0 Å². The van der Waals surface area contributed by atoms with Crippen LogP contribution >= 0.6 is 14.8 Å². The fraction of sp³-hybridized carbons (Fsp3) is 0. The van der Waals surface area contributed by atoms with Gasteiger partial charge in [-0.15, -0.1) is 0 Å². The van der Waals surface area contributed by atoms with Crippen molar-refractivity contribution in [1.29, 1.82) is 0 Å². The lowest BCUT2D eigenvalue weighted by atomic mass is 10.2. The molecule has 2 nitrogen and oxygen atoms in total. The molecule has 1 aromatic rings. The van der Waals surface area contributed by atoms with E-state index in [1.54, 1.807) is 18.2 Å². The Balaban J connectivity index is 3.17. The zero-order chi connectivity index (χ0) is 9.19. The number of rotatable bonds is 2. The third kappa shape index (κ3) is 2.19. The Morgan fingerprint density at radius 2 is 1.75 bits per heavy atom. The van der Waals surface area contributed by atoms with Crippen LogP contribution in [0.2, 0.25) is 0 Å². The molecule has 0 bridgehead atoms. The van der Waals surface area contributed by atoms with E-state index < -0.39 is 8.27 Å². The van der Waals surface area contributed by atoms with Crippen molar-refractivity contribution in [2.45, 2.75) is 4.90 Å². The Morgan fingerprint density at radius 3 is 2.08 bits per heavy atom. The van der Waals surface area contributed by atoms with Crippen LogP contribution in [0.15, 0.2) is 35.7 Å². The number of hydrogen-bond acceptors (Lipinski definition) is 2. The molecule has 0 aliphatic rings. The predicted octanol–water partition coefficient (Wildman–Crippen LogP) is 2.41. The van der Waals surface area contributed by atoms with Gasteiger partial charge in [0.25, 0.3) is 0 Å². The van der Waals surface area contributed by atoms with Crippen molar-refractivity contribution in [3.8, 4) is 0 Å². The van der Waals surface area contributed by atoms with Gasteiger partial charge < -0.3 is 0 Å². The highest BCUT2D eigenvalue weighted by Gasteiger charge is 2.07. The van der Waals surface area contributed by atoms with E-state index in [1.807, 2.05) is 0 Å². The molecule has 0 N–H and O–H groups in total. The lowest BCUT2D eigenvalue weighted by Gasteiger charge is -1.95. The molecule has 1 rings (SSSR count). The van der Waals surface area contributed by atoms with E-state index in [-0.39, 0.29) is 4.90 Å². The lowest BCUT2D eigenvalue weighted by Crippen LogP contribution is -1.88. The standard InChI is InChI=1S/C8H7BrO2S/c1-2-7-3-5-8(6-4-7)12(9,10)11/h2-6H,1H2. The molecule has 0 spiro atoms. The molecule has 4 heteroatoms. The van der Waals surface area contributed by atoms with Gasteiger partial charge in [-0.1, -0.05) is 24.8 Å². The van der Waals surface area contributed by atoms with Gasteiger partial charge in [0.05, 0.1) is 19.7 Å². The molecule has 1 aromatic carbocycles. The first-order valence-electron chi connectivity index (χ1n) is 3.21. The van der Waals surface area contributed by atoms with E-state index in [1.165, 1.54) is 12.1 Å². The molecule has 64 valence electrons. The average molecular weight is 247 g/mol. The summed E-state index contributed by atoms with van der Waals surface area (Å²) in [4.78, 5) is 0.258. The van der Waals surface area contributed by atoms with Crippen LogP contribution in [0.1, 0.15) is 5.56 Å². The minimum atomic E-state index is -3.25. The predicted molar refractivity (Wildman–Crippen MR) is 52.6 cm³/mol. The first kappa shape index (κ1) is 9.48. The second-order valence-corrected chi connectivity index (χ2v) is 6.12. The highest BCUT2D eigenvalue weighted by atomic mass is 79.9. The minimum absolute atomic E-state index is 0.258. The van der Waals surface area contributed by atoms with Gasteiger partial charge in [0.2, 0.25) is 8.27 Å². The van der Waals surface area contributed by atoms with Crippen LogP contribution < -0.4 is 0 Å². The van der Waals surface area contributed by atoms with E-state index in [4.69, 9.17) is 0 Å². The summed E-state index contributed by atoms with van der Waals surface area (Å²) < 4.78 is 21.8. The number of halogens is 1. The summed E-state index contributed by atoms with van der Waals surface area (Å²) in [7, 11) is -3.25. The van der Waals surface area contributed by atoms with Crippen molar-refractivity contribution in [2.75, 3.05) is 0 Å². The second kappa shape index (κ2) is 3.41. The van der Waals surface area contributed by atoms with Crippen LogP contribution in [0.4, 0.5) is 0 Å². The maximum atomic E-state index is 10.9. The van der Waals surface area contributed by atoms with E-state index in [0.29, 0.717) is 0 Å². The van der Waals surface area contributed by atoms with Gasteiger partial charge in [-0.3, -0.25) is 0 Å². The Morgan fingerprint density at radius 1 is 1.25 bits per heavy atom. The topological polar surface area (TPSA) is 34.1 Å². The SMILES string of the molecule is C=Cc1ccc(S(=O)(=O)Br)cc1. The fourth-order valence-electron chi connectivity index (χ4n) is 0.766. The van der Waals surface area contributed by atoms with Gasteiger partial charge >= 0.3 is 0 Å². The molecule has 0 saturated heterocycles. The number of hydrogen-bond donors (Lipinski definition) is 0. The smallest absolute Gasteiger partial charge is 0.212 e. The normalized spacial score (nSPS) is 11.1. The Kier molecular flexibility index (Phi) is 2.69. The zero-order valence-electron chi connectivity index (χ0n) is 6.20. The molecule has 0 aromatic heterocycles. The first-order valence-corrected chi connectivity index (χ1v) is 6.54. The van der Waals surface area contributed by atoms with Crippen molar-refractivity contribution >= 4 is 29.2 Å². The van der Waals surface area contributed by atoms with Gasteiger partial charge in [0.1, 0.15) is 0 Å². The molecule has 0 heterocycles. The molecule has 0 amide bonds. The molecule has 0 unspecified atom stereocenters. The average Bonchev–Trinajstić information content (AvgIpc) is 2.03. The highest BCUT2D eigenvalue weighted by molar-refractivity contribution is 9.47. The largest absolute Gasteiger partial charge is 0.237 e. The van der Waals surface area contributed by atoms with E-state index in [0.717, 1.165) is 5.56 Å². The highest BCUT2D eigenvalue weighted by Crippen LogP contribution is 2.17. The maximum absolute atomic E-state index is 10.9. The zero-order valence-corrected chi connectivity index (χ0v) is 8.60. The molecule has 12 heavy (non-hydrogen) atoms. The van der Waals surface area contributed by atoms with Crippen LogP contribution in [-0.2, 0) is 8.27 Å². The van der Waals surface area contributed by atoms with Crippen molar-refractivity contribution in [3.05, 3.63) is 36.4 Å². The fourth-order valence-corrected chi connectivity index (χ4v) is 1.88. The third-order valence-corrected chi connectivity index (χ3v) is 3.35. The van der Waals surface area contributed by atoms with Crippen molar-refractivity contribution in [3.63, 3.8) is 0 Å². The van der Waals surface area contributed by atoms with Crippen molar-refractivity contribution < 1.29 is 8.42 Å². The molecule has 0 atom stereocenters. The Labute approximate surface area is 79.0 Å². The van der Waals surface area contributed by atoms with E-state index in [9.17, 15) is 8.42 Å². The second-order valence-electron chi connectivity index (χ2n) is 2.21. The summed E-state index contributed by atoms with van der Waals surface area (Å²) in [6.07, 6.45) is 1.66. The summed E-state index contributed by atoms with van der Waals surface area (Å²) in [5.74, 6) is 0. The minimum Gasteiger partial charge on any atom is -0.212 e.